The highest BCUT2D eigenvalue weighted by Gasteiger charge is 2.33. The van der Waals surface area contributed by atoms with E-state index in [2.05, 4.69) is 10.3 Å². The molecule has 0 saturated carbocycles. The van der Waals surface area contributed by atoms with Gasteiger partial charge in [-0.3, -0.25) is 9.00 Å². The van der Waals surface area contributed by atoms with Crippen molar-refractivity contribution in [3.8, 4) is 11.3 Å². The zero-order valence-corrected chi connectivity index (χ0v) is 21.3. The van der Waals surface area contributed by atoms with Gasteiger partial charge < -0.3 is 19.1 Å². The van der Waals surface area contributed by atoms with Crippen molar-refractivity contribution >= 4 is 28.5 Å². The summed E-state index contributed by atoms with van der Waals surface area (Å²) in [5.41, 5.74) is 0.822. The van der Waals surface area contributed by atoms with Crippen molar-refractivity contribution in [3.63, 3.8) is 0 Å². The number of hydrogen-bond acceptors (Lipinski definition) is 5. The third-order valence-corrected chi connectivity index (χ3v) is 6.45. The van der Waals surface area contributed by atoms with E-state index in [0.717, 1.165) is 17.8 Å². The van der Waals surface area contributed by atoms with E-state index in [0.29, 0.717) is 21.0 Å². The monoisotopic (exact) mass is 537 g/mol. The minimum Gasteiger partial charge on any atom is -0.755 e. The van der Waals surface area contributed by atoms with Crippen LogP contribution in [0.5, 0.6) is 0 Å². The van der Waals surface area contributed by atoms with Crippen LogP contribution in [0.15, 0.2) is 54.6 Å². The van der Waals surface area contributed by atoms with Crippen LogP contribution in [-0.2, 0) is 28.8 Å². The Balaban J connectivity index is 1.84. The topological polar surface area (TPSA) is 88.6 Å². The van der Waals surface area contributed by atoms with Gasteiger partial charge in [-0.05, 0) is 48.4 Å². The number of nitrogens with one attached hydrogen (secondary N) is 1. The van der Waals surface area contributed by atoms with Crippen LogP contribution in [0.4, 0.5) is 28.9 Å². The lowest BCUT2D eigenvalue weighted by atomic mass is 9.99. The lowest BCUT2D eigenvalue weighted by Gasteiger charge is -2.22. The van der Waals surface area contributed by atoms with E-state index in [1.807, 2.05) is 19.0 Å². The van der Waals surface area contributed by atoms with E-state index in [4.69, 9.17) is 0 Å². The van der Waals surface area contributed by atoms with Crippen molar-refractivity contribution in [1.82, 2.24) is 10.3 Å². The molecule has 0 fully saturated rings. The average Bonchev–Trinajstić information content (AvgIpc) is 2.85. The molecule has 0 aliphatic carbocycles. The van der Waals surface area contributed by atoms with Gasteiger partial charge in [-0.15, -0.1) is 0 Å². The first-order chi connectivity index (χ1) is 17.3. The highest BCUT2D eigenvalue weighted by atomic mass is 32.2. The van der Waals surface area contributed by atoms with E-state index >= 15 is 0 Å². The van der Waals surface area contributed by atoms with Crippen LogP contribution in [0.1, 0.15) is 29.7 Å². The summed E-state index contributed by atoms with van der Waals surface area (Å²) >= 11 is -2.67. The number of nitrogens with zero attached hydrogens (tertiary/aromatic N) is 3. The summed E-state index contributed by atoms with van der Waals surface area (Å²) in [5, 5.41) is 2.67. The molecule has 1 aromatic heterocycles. The Kier molecular flexibility index (Phi) is 8.54. The number of carbonyl (C=O) groups excluding carboxylic acids is 1. The van der Waals surface area contributed by atoms with Gasteiger partial charge in [0.15, 0.2) is 0 Å². The van der Waals surface area contributed by atoms with Crippen LogP contribution in [0, 0.1) is 5.82 Å². The van der Waals surface area contributed by atoms with E-state index in [9.17, 15) is 31.1 Å². The molecule has 12 heteroatoms. The summed E-state index contributed by atoms with van der Waals surface area (Å²) in [6.45, 7) is 1.42. The third kappa shape index (κ3) is 6.63. The maximum Gasteiger partial charge on any atom is 0.433 e. The smallest absolute Gasteiger partial charge is 0.433 e. The van der Waals surface area contributed by atoms with Gasteiger partial charge in [0.05, 0.1) is 17.3 Å². The van der Waals surface area contributed by atoms with Crippen molar-refractivity contribution in [2.24, 2.45) is 0 Å². The molecule has 0 saturated heterocycles. The molecule has 0 aliphatic heterocycles. The summed E-state index contributed by atoms with van der Waals surface area (Å²) in [6.07, 6.45) is -4.64. The fourth-order valence-electron chi connectivity index (χ4n) is 3.57. The summed E-state index contributed by atoms with van der Waals surface area (Å²) in [4.78, 5) is 18.5. The largest absolute Gasteiger partial charge is 0.755 e. The van der Waals surface area contributed by atoms with Crippen molar-refractivity contribution in [1.29, 1.82) is 0 Å². The first kappa shape index (κ1) is 28.1. The summed E-state index contributed by atoms with van der Waals surface area (Å²) < 4.78 is 77.3. The molecule has 0 bridgehead atoms. The Bertz CT molecular complexity index is 1300. The maximum absolute atomic E-state index is 14.4. The van der Waals surface area contributed by atoms with Crippen LogP contribution >= 0.6 is 0 Å². The molecule has 198 valence electrons. The summed E-state index contributed by atoms with van der Waals surface area (Å²) in [5.74, 6) is -2.14. The first-order valence-corrected chi connectivity index (χ1v) is 12.1. The number of rotatable bonds is 8. The molecule has 3 aromatic rings. The highest BCUT2D eigenvalue weighted by molar-refractivity contribution is 7.80. The lowest BCUT2D eigenvalue weighted by molar-refractivity contribution is -0.141. The fraction of sp³-hybridized carbons (Fsp3) is 0.280. The molecule has 0 radical (unpaired) electrons. The Morgan fingerprint density at radius 3 is 2.27 bits per heavy atom. The molecular formula is C25H25F4N4O3S-. The molecule has 1 N–H and O–H groups in total. The van der Waals surface area contributed by atoms with Gasteiger partial charge >= 0.3 is 6.18 Å². The van der Waals surface area contributed by atoms with Crippen molar-refractivity contribution < 1.29 is 31.1 Å². The molecular weight excluding hydrogens is 512 g/mol. The molecule has 37 heavy (non-hydrogen) atoms. The van der Waals surface area contributed by atoms with Gasteiger partial charge in [0, 0.05) is 50.2 Å². The van der Waals surface area contributed by atoms with Crippen LogP contribution in [-0.4, -0.2) is 40.8 Å². The predicted octanol–water partition coefficient (Wildman–Crippen LogP) is 4.62. The van der Waals surface area contributed by atoms with Crippen molar-refractivity contribution in [2.45, 2.75) is 25.6 Å². The molecule has 1 heterocycles. The average molecular weight is 538 g/mol. The number of benzene rings is 2. The Hall–Kier alpha value is -3.51. The van der Waals surface area contributed by atoms with Crippen molar-refractivity contribution in [2.75, 3.05) is 30.3 Å². The van der Waals surface area contributed by atoms with Gasteiger partial charge in [-0.2, -0.15) is 13.2 Å². The summed E-state index contributed by atoms with van der Waals surface area (Å²) in [6, 6.07) is 12.7. The minimum absolute atomic E-state index is 0.0807. The van der Waals surface area contributed by atoms with Gasteiger partial charge in [-0.1, -0.05) is 24.3 Å². The van der Waals surface area contributed by atoms with Crippen LogP contribution < -0.4 is 14.5 Å². The van der Waals surface area contributed by atoms with Gasteiger partial charge in [0.2, 0.25) is 5.91 Å². The number of pyridine rings is 1. The zero-order chi connectivity index (χ0) is 27.5. The quantitative estimate of drug-likeness (QED) is 0.335. The fourth-order valence-corrected chi connectivity index (χ4v) is 3.88. The second-order valence-electron chi connectivity index (χ2n) is 8.51. The molecule has 1 amide bonds. The molecule has 0 spiro atoms. The Morgan fingerprint density at radius 2 is 1.73 bits per heavy atom. The number of amides is 1. The maximum atomic E-state index is 14.4. The first-order valence-electron chi connectivity index (χ1n) is 11.0. The Labute approximate surface area is 214 Å². The van der Waals surface area contributed by atoms with Gasteiger partial charge in [-0.25, -0.2) is 9.37 Å². The predicted molar refractivity (Wildman–Crippen MR) is 133 cm³/mol. The van der Waals surface area contributed by atoms with E-state index in [1.54, 1.807) is 24.3 Å². The second kappa shape index (κ2) is 11.3. The number of anilines is 2. The number of aromatic nitrogens is 1. The SMILES string of the molecule is CC(C(=O)NCc1ccc(C(F)(F)F)nc1-c1ccc(N(C)C)cc1)c1ccc(N(C)S(=O)[O-])c(F)c1. The lowest BCUT2D eigenvalue weighted by Crippen LogP contribution is -2.28. The standard InChI is InChI=1S/C25H26F4N4O3S/c1-15(17-7-11-21(20(26)13-17)33(4)37(35)36)24(34)30-14-18-8-12-22(25(27,28)29)31-23(18)16-5-9-19(10-6-16)32(2)3/h5-13,15H,14H2,1-4H3,(H,30,34)(H,35,36)/p-1. The summed E-state index contributed by atoms with van der Waals surface area (Å²) in [7, 11) is 4.85. The van der Waals surface area contributed by atoms with E-state index in [-0.39, 0.29) is 17.9 Å². The Morgan fingerprint density at radius 1 is 1.08 bits per heavy atom. The van der Waals surface area contributed by atoms with Crippen molar-refractivity contribution in [3.05, 3.63) is 77.2 Å². The highest BCUT2D eigenvalue weighted by Crippen LogP contribution is 2.32. The molecule has 2 aromatic carbocycles. The van der Waals surface area contributed by atoms with Crippen LogP contribution in [0.25, 0.3) is 11.3 Å². The normalized spacial score (nSPS) is 13.1. The van der Waals surface area contributed by atoms with Gasteiger partial charge in [0.25, 0.3) is 0 Å². The minimum atomic E-state index is -4.64. The van der Waals surface area contributed by atoms with E-state index < -0.39 is 40.8 Å². The van der Waals surface area contributed by atoms with E-state index in [1.165, 1.54) is 32.2 Å². The molecule has 0 aliphatic rings. The van der Waals surface area contributed by atoms with Crippen LogP contribution in [0.3, 0.4) is 0 Å². The molecule has 7 nitrogen and oxygen atoms in total. The molecule has 3 rings (SSSR count). The molecule has 2 unspecified atom stereocenters. The number of halogens is 4. The zero-order valence-electron chi connectivity index (χ0n) is 20.5. The third-order valence-electron chi connectivity index (χ3n) is 5.81. The van der Waals surface area contributed by atoms with Gasteiger partial charge in [0.1, 0.15) is 11.5 Å². The van der Waals surface area contributed by atoms with Crippen LogP contribution in [0.2, 0.25) is 0 Å². The second-order valence-corrected chi connectivity index (χ2v) is 9.49. The molecule has 2 atom stereocenters. The number of carbonyl (C=O) groups is 1. The number of hydrogen-bond donors (Lipinski definition) is 1. The number of alkyl halides is 3.